The van der Waals surface area contributed by atoms with Crippen molar-refractivity contribution < 1.29 is 19.3 Å². The second-order valence-corrected chi connectivity index (χ2v) is 7.52. The molecule has 0 fully saturated rings. The Bertz CT molecular complexity index is 1030. The summed E-state index contributed by atoms with van der Waals surface area (Å²) in [6.07, 6.45) is 1.00. The first-order chi connectivity index (χ1) is 14.6. The van der Waals surface area contributed by atoms with Crippen molar-refractivity contribution in [2.75, 3.05) is 27.9 Å². The van der Waals surface area contributed by atoms with Gasteiger partial charge in [-0.3, -0.25) is 4.90 Å². The van der Waals surface area contributed by atoms with E-state index in [1.807, 2.05) is 12.1 Å². The van der Waals surface area contributed by atoms with Crippen LogP contribution in [0.2, 0.25) is 0 Å². The highest BCUT2D eigenvalue weighted by molar-refractivity contribution is 5.67. The highest BCUT2D eigenvalue weighted by Crippen LogP contribution is 2.34. The monoisotopic (exact) mass is 405 g/mol. The molecular formula is C25H27NO4. The molecule has 3 aromatic rings. The number of fused-ring (bicyclic) bond motifs is 1. The molecule has 1 aliphatic rings. The topological polar surface area (TPSA) is 51.2 Å². The van der Waals surface area contributed by atoms with Crippen LogP contribution in [0.25, 0.3) is 11.1 Å². The number of nitrogens with zero attached hydrogens (tertiary/aromatic N) is 1. The highest BCUT2D eigenvalue weighted by atomic mass is 16.5. The van der Waals surface area contributed by atoms with E-state index >= 15 is 0 Å². The fourth-order valence-corrected chi connectivity index (χ4v) is 3.99. The number of ether oxygens (including phenoxy) is 3. The molecule has 0 saturated heterocycles. The van der Waals surface area contributed by atoms with Crippen LogP contribution in [0.5, 0.6) is 23.0 Å². The van der Waals surface area contributed by atoms with Crippen molar-refractivity contribution in [1.82, 2.24) is 4.90 Å². The molecule has 30 heavy (non-hydrogen) atoms. The molecule has 0 bridgehead atoms. The normalized spacial score (nSPS) is 13.6. The summed E-state index contributed by atoms with van der Waals surface area (Å²) in [6.45, 7) is 2.80. The molecule has 5 heteroatoms. The Labute approximate surface area is 177 Å². The van der Waals surface area contributed by atoms with E-state index in [0.717, 1.165) is 48.7 Å². The molecule has 4 rings (SSSR count). The predicted octanol–water partition coefficient (Wildman–Crippen LogP) is 4.64. The van der Waals surface area contributed by atoms with Gasteiger partial charge in [-0.05, 0) is 58.5 Å². The van der Waals surface area contributed by atoms with Gasteiger partial charge in [0.1, 0.15) is 0 Å². The largest absolute Gasteiger partial charge is 0.504 e. The van der Waals surface area contributed by atoms with Crippen LogP contribution in [-0.2, 0) is 19.5 Å². The number of aromatic hydroxyl groups is 1. The van der Waals surface area contributed by atoms with E-state index in [1.54, 1.807) is 27.4 Å². The van der Waals surface area contributed by atoms with E-state index < -0.39 is 0 Å². The minimum atomic E-state index is 0.150. The van der Waals surface area contributed by atoms with Gasteiger partial charge in [-0.1, -0.05) is 30.3 Å². The smallest absolute Gasteiger partial charge is 0.161 e. The number of methoxy groups -OCH3 is 3. The lowest BCUT2D eigenvalue weighted by molar-refractivity contribution is 0.244. The fraction of sp³-hybridized carbons (Fsp3) is 0.280. The highest BCUT2D eigenvalue weighted by Gasteiger charge is 2.19. The summed E-state index contributed by atoms with van der Waals surface area (Å²) < 4.78 is 16.1. The lowest BCUT2D eigenvalue weighted by Crippen LogP contribution is -2.30. The zero-order valence-corrected chi connectivity index (χ0v) is 17.6. The van der Waals surface area contributed by atoms with Crippen LogP contribution < -0.4 is 14.2 Å². The van der Waals surface area contributed by atoms with Crippen LogP contribution in [-0.4, -0.2) is 37.9 Å². The van der Waals surface area contributed by atoms with Crippen LogP contribution in [0, 0.1) is 0 Å². The Morgan fingerprint density at radius 2 is 1.40 bits per heavy atom. The molecule has 0 saturated carbocycles. The first-order valence-corrected chi connectivity index (χ1v) is 10.0. The van der Waals surface area contributed by atoms with E-state index in [1.165, 1.54) is 16.7 Å². The van der Waals surface area contributed by atoms with Crippen molar-refractivity contribution in [3.8, 4) is 34.1 Å². The van der Waals surface area contributed by atoms with Gasteiger partial charge in [0.15, 0.2) is 23.0 Å². The Hall–Kier alpha value is -3.18. The van der Waals surface area contributed by atoms with Gasteiger partial charge in [0.2, 0.25) is 0 Å². The molecule has 0 amide bonds. The van der Waals surface area contributed by atoms with Crippen LogP contribution in [0.15, 0.2) is 54.6 Å². The molecule has 3 aromatic carbocycles. The summed E-state index contributed by atoms with van der Waals surface area (Å²) in [5, 5.41) is 9.79. The second-order valence-electron chi connectivity index (χ2n) is 7.52. The number of hydrogen-bond donors (Lipinski definition) is 1. The van der Waals surface area contributed by atoms with Crippen molar-refractivity contribution in [3.63, 3.8) is 0 Å². The maximum absolute atomic E-state index is 9.79. The van der Waals surface area contributed by atoms with Crippen molar-refractivity contribution in [2.24, 2.45) is 0 Å². The van der Waals surface area contributed by atoms with Gasteiger partial charge in [0.25, 0.3) is 0 Å². The van der Waals surface area contributed by atoms with Gasteiger partial charge < -0.3 is 19.3 Å². The summed E-state index contributed by atoms with van der Waals surface area (Å²) in [7, 11) is 4.91. The van der Waals surface area contributed by atoms with E-state index in [2.05, 4.69) is 41.3 Å². The van der Waals surface area contributed by atoms with E-state index in [0.29, 0.717) is 5.75 Å². The minimum Gasteiger partial charge on any atom is -0.504 e. The Morgan fingerprint density at radius 1 is 0.767 bits per heavy atom. The van der Waals surface area contributed by atoms with Gasteiger partial charge in [-0.15, -0.1) is 0 Å². The predicted molar refractivity (Wildman–Crippen MR) is 117 cm³/mol. The molecule has 0 atom stereocenters. The maximum atomic E-state index is 9.79. The molecule has 156 valence electrons. The molecule has 1 heterocycles. The SMILES string of the molecule is COc1cc(-c2ccc(CN3CCc4cc(OC)c(OC)cc4C3)cc2)ccc1O. The lowest BCUT2D eigenvalue weighted by Gasteiger charge is -2.29. The van der Waals surface area contributed by atoms with Gasteiger partial charge in [-0.2, -0.15) is 0 Å². The zero-order valence-electron chi connectivity index (χ0n) is 17.6. The molecule has 0 radical (unpaired) electrons. The fourth-order valence-electron chi connectivity index (χ4n) is 3.99. The molecule has 0 unspecified atom stereocenters. The Morgan fingerprint density at radius 3 is 2.07 bits per heavy atom. The van der Waals surface area contributed by atoms with E-state index in [4.69, 9.17) is 14.2 Å². The van der Waals surface area contributed by atoms with Gasteiger partial charge in [0, 0.05) is 19.6 Å². The van der Waals surface area contributed by atoms with Crippen molar-refractivity contribution in [3.05, 3.63) is 71.3 Å². The standard InChI is InChI=1S/C25H27NO4/c1-28-23-12-19(8-9-22(23)27)18-6-4-17(5-7-18)15-26-11-10-20-13-24(29-2)25(30-3)14-21(20)16-26/h4-9,12-14,27H,10-11,15-16H2,1-3H3. The van der Waals surface area contributed by atoms with Crippen LogP contribution >= 0.6 is 0 Å². The first kappa shape index (κ1) is 20.1. The molecule has 0 aliphatic carbocycles. The number of phenols is 1. The van der Waals surface area contributed by atoms with E-state index in [-0.39, 0.29) is 5.75 Å². The average Bonchev–Trinajstić information content (AvgIpc) is 2.79. The summed E-state index contributed by atoms with van der Waals surface area (Å²) in [4.78, 5) is 2.45. The Kier molecular flexibility index (Phi) is 5.81. The van der Waals surface area contributed by atoms with Crippen molar-refractivity contribution in [1.29, 1.82) is 0 Å². The van der Waals surface area contributed by atoms with Crippen molar-refractivity contribution >= 4 is 0 Å². The first-order valence-electron chi connectivity index (χ1n) is 10.0. The van der Waals surface area contributed by atoms with Gasteiger partial charge in [-0.25, -0.2) is 0 Å². The Balaban J connectivity index is 1.47. The number of hydrogen-bond acceptors (Lipinski definition) is 5. The molecule has 1 aliphatic heterocycles. The summed E-state index contributed by atoms with van der Waals surface area (Å²) in [6, 6.07) is 18.2. The molecule has 1 N–H and O–H groups in total. The minimum absolute atomic E-state index is 0.150. The summed E-state index contributed by atoms with van der Waals surface area (Å²) in [5.41, 5.74) is 6.02. The molecule has 5 nitrogen and oxygen atoms in total. The number of rotatable bonds is 6. The van der Waals surface area contributed by atoms with Gasteiger partial charge in [0.05, 0.1) is 21.3 Å². The third-order valence-corrected chi connectivity index (χ3v) is 5.67. The second kappa shape index (κ2) is 8.67. The molecule has 0 spiro atoms. The van der Waals surface area contributed by atoms with Gasteiger partial charge >= 0.3 is 0 Å². The molecule has 0 aromatic heterocycles. The quantitative estimate of drug-likeness (QED) is 0.647. The molecular weight excluding hydrogens is 378 g/mol. The van der Waals surface area contributed by atoms with Crippen LogP contribution in [0.4, 0.5) is 0 Å². The van der Waals surface area contributed by atoms with Crippen LogP contribution in [0.3, 0.4) is 0 Å². The summed E-state index contributed by atoms with van der Waals surface area (Å²) in [5.74, 6) is 2.21. The average molecular weight is 405 g/mol. The number of benzene rings is 3. The maximum Gasteiger partial charge on any atom is 0.161 e. The van der Waals surface area contributed by atoms with Crippen LogP contribution in [0.1, 0.15) is 16.7 Å². The van der Waals surface area contributed by atoms with Crippen molar-refractivity contribution in [2.45, 2.75) is 19.5 Å². The third kappa shape index (κ3) is 4.07. The number of phenolic OH excluding ortho intramolecular Hbond substituents is 1. The van der Waals surface area contributed by atoms with E-state index in [9.17, 15) is 5.11 Å². The summed E-state index contributed by atoms with van der Waals surface area (Å²) >= 11 is 0. The third-order valence-electron chi connectivity index (χ3n) is 5.67. The lowest BCUT2D eigenvalue weighted by atomic mass is 9.98. The zero-order chi connectivity index (χ0) is 21.1.